The van der Waals surface area contributed by atoms with Gasteiger partial charge in [0.25, 0.3) is 0 Å². The molecule has 0 bridgehead atoms. The first-order valence-corrected chi connectivity index (χ1v) is 4.94. The monoisotopic (exact) mass is 232 g/mol. The predicted octanol–water partition coefficient (Wildman–Crippen LogP) is 2.39. The van der Waals surface area contributed by atoms with Gasteiger partial charge in [0.2, 0.25) is 0 Å². The summed E-state index contributed by atoms with van der Waals surface area (Å²) in [5.41, 5.74) is 0. The maximum atomic E-state index is 10.8. The number of ether oxygens (including phenoxy) is 1. The minimum Gasteiger partial charge on any atom is -0.468 e. The Balaban J connectivity index is 3.67. The second-order valence-corrected chi connectivity index (χ2v) is 3.82. The third-order valence-corrected chi connectivity index (χ3v) is 2.31. The van der Waals surface area contributed by atoms with Gasteiger partial charge in [-0.1, -0.05) is 0 Å². The number of carbonyl (C=O) groups is 1. The van der Waals surface area contributed by atoms with Crippen LogP contribution in [0.5, 0.6) is 0 Å². The van der Waals surface area contributed by atoms with E-state index in [0.29, 0.717) is 18.7 Å². The Morgan fingerprint density at radius 2 is 2.08 bits per heavy atom. The van der Waals surface area contributed by atoms with Crippen molar-refractivity contribution in [2.24, 2.45) is 0 Å². The summed E-state index contributed by atoms with van der Waals surface area (Å²) in [6.45, 7) is 0. The van der Waals surface area contributed by atoms with Crippen LogP contribution in [0.2, 0.25) is 0 Å². The normalized spacial score (nSPS) is 15.3. The molecule has 2 nitrogen and oxygen atoms in total. The molecule has 0 aromatic carbocycles. The molecule has 0 amide bonds. The van der Waals surface area contributed by atoms with Gasteiger partial charge in [-0.15, -0.1) is 34.8 Å². The minimum atomic E-state index is -0.666. The minimum absolute atomic E-state index is 0.163. The van der Waals surface area contributed by atoms with Gasteiger partial charge in [0.05, 0.1) is 7.11 Å². The van der Waals surface area contributed by atoms with Crippen LogP contribution in [-0.4, -0.2) is 29.7 Å². The first kappa shape index (κ1) is 12.3. The second kappa shape index (κ2) is 6.81. The lowest BCUT2D eigenvalue weighted by Crippen LogP contribution is -2.20. The molecule has 0 fully saturated rings. The Labute approximate surface area is 87.1 Å². The van der Waals surface area contributed by atoms with Gasteiger partial charge in [0.1, 0.15) is 5.38 Å². The molecule has 0 aliphatic carbocycles. The highest BCUT2D eigenvalue weighted by atomic mass is 35.5. The molecule has 0 rings (SSSR count). The van der Waals surface area contributed by atoms with Crippen molar-refractivity contribution in [3.63, 3.8) is 0 Å². The number of alkyl halides is 3. The van der Waals surface area contributed by atoms with E-state index < -0.39 is 11.3 Å². The molecule has 2 atom stereocenters. The molecule has 0 saturated heterocycles. The molecule has 12 heavy (non-hydrogen) atoms. The van der Waals surface area contributed by atoms with Crippen molar-refractivity contribution in [2.75, 3.05) is 13.0 Å². The van der Waals surface area contributed by atoms with E-state index in [-0.39, 0.29) is 5.38 Å². The van der Waals surface area contributed by atoms with Gasteiger partial charge in [0, 0.05) is 11.3 Å². The standard InChI is InChI=1S/C7H11Cl3O2/c1-12-7(11)6(10)4-5(9)2-3-8/h5-6H,2-4H2,1H3/t5-,6-/m0/s1. The highest BCUT2D eigenvalue weighted by Crippen LogP contribution is 2.15. The van der Waals surface area contributed by atoms with Crippen molar-refractivity contribution in [3.8, 4) is 0 Å². The van der Waals surface area contributed by atoms with E-state index in [2.05, 4.69) is 4.74 Å². The van der Waals surface area contributed by atoms with Crippen LogP contribution >= 0.6 is 34.8 Å². The summed E-state index contributed by atoms with van der Waals surface area (Å²) in [4.78, 5) is 10.8. The van der Waals surface area contributed by atoms with Gasteiger partial charge < -0.3 is 4.74 Å². The van der Waals surface area contributed by atoms with Crippen LogP contribution in [-0.2, 0) is 9.53 Å². The lowest BCUT2D eigenvalue weighted by Gasteiger charge is -2.10. The zero-order valence-electron chi connectivity index (χ0n) is 6.73. The van der Waals surface area contributed by atoms with Gasteiger partial charge in [-0.25, -0.2) is 0 Å². The Kier molecular flexibility index (Phi) is 7.01. The van der Waals surface area contributed by atoms with Crippen LogP contribution in [0.25, 0.3) is 0 Å². The lowest BCUT2D eigenvalue weighted by molar-refractivity contribution is -0.140. The summed E-state index contributed by atoms with van der Waals surface area (Å²) < 4.78 is 4.43. The van der Waals surface area contributed by atoms with Crippen LogP contribution in [0.4, 0.5) is 0 Å². The van der Waals surface area contributed by atoms with Crippen molar-refractivity contribution >= 4 is 40.8 Å². The van der Waals surface area contributed by atoms with Gasteiger partial charge >= 0.3 is 5.97 Å². The van der Waals surface area contributed by atoms with Crippen LogP contribution in [0, 0.1) is 0 Å². The van der Waals surface area contributed by atoms with E-state index in [0.717, 1.165) is 0 Å². The Hall–Kier alpha value is 0.340. The van der Waals surface area contributed by atoms with Crippen LogP contribution in [0.15, 0.2) is 0 Å². The maximum absolute atomic E-state index is 10.8. The van der Waals surface area contributed by atoms with Crippen LogP contribution in [0.3, 0.4) is 0 Å². The first-order chi connectivity index (χ1) is 5.61. The van der Waals surface area contributed by atoms with Gasteiger partial charge in [-0.05, 0) is 12.8 Å². The molecule has 0 spiro atoms. The fourth-order valence-corrected chi connectivity index (χ4v) is 1.74. The van der Waals surface area contributed by atoms with Crippen molar-refractivity contribution in [1.29, 1.82) is 0 Å². The Bertz CT molecular complexity index is 141. The van der Waals surface area contributed by atoms with E-state index in [9.17, 15) is 4.79 Å². The summed E-state index contributed by atoms with van der Waals surface area (Å²) in [6.07, 6.45) is 1.03. The molecule has 0 unspecified atom stereocenters. The summed E-state index contributed by atoms with van der Waals surface area (Å²) in [6, 6.07) is 0. The van der Waals surface area contributed by atoms with Crippen molar-refractivity contribution in [1.82, 2.24) is 0 Å². The molecule has 0 N–H and O–H groups in total. The van der Waals surface area contributed by atoms with E-state index in [1.807, 2.05) is 0 Å². The quantitative estimate of drug-likeness (QED) is 0.538. The molecule has 0 radical (unpaired) electrons. The number of esters is 1. The second-order valence-electron chi connectivity index (χ2n) is 2.30. The van der Waals surface area contributed by atoms with E-state index in [4.69, 9.17) is 34.8 Å². The highest BCUT2D eigenvalue weighted by molar-refractivity contribution is 6.31. The van der Waals surface area contributed by atoms with Crippen molar-refractivity contribution in [3.05, 3.63) is 0 Å². The van der Waals surface area contributed by atoms with Gasteiger partial charge in [-0.2, -0.15) is 0 Å². The van der Waals surface area contributed by atoms with E-state index in [1.165, 1.54) is 7.11 Å². The number of methoxy groups -OCH3 is 1. The zero-order chi connectivity index (χ0) is 9.56. The SMILES string of the molecule is COC(=O)[C@@H](Cl)C[C@@H](Cl)CCCl. The fraction of sp³-hybridized carbons (Fsp3) is 0.857. The predicted molar refractivity (Wildman–Crippen MR) is 51.3 cm³/mol. The van der Waals surface area contributed by atoms with Crippen LogP contribution < -0.4 is 0 Å². The molecule has 5 heteroatoms. The summed E-state index contributed by atoms with van der Waals surface area (Å²) in [7, 11) is 1.29. The Morgan fingerprint density at radius 1 is 1.50 bits per heavy atom. The molecule has 0 aromatic rings. The summed E-state index contributed by atoms with van der Waals surface area (Å²) in [5, 5.41) is -0.829. The van der Waals surface area contributed by atoms with Gasteiger partial charge in [-0.3, -0.25) is 4.79 Å². The number of halogens is 3. The van der Waals surface area contributed by atoms with Crippen LogP contribution in [0.1, 0.15) is 12.8 Å². The summed E-state index contributed by atoms with van der Waals surface area (Å²) >= 11 is 16.9. The average Bonchev–Trinajstić information content (AvgIpc) is 2.03. The number of hydrogen-bond acceptors (Lipinski definition) is 2. The summed E-state index contributed by atoms with van der Waals surface area (Å²) in [5.74, 6) is 0.0239. The fourth-order valence-electron chi connectivity index (χ4n) is 0.685. The van der Waals surface area contributed by atoms with Crippen molar-refractivity contribution < 1.29 is 9.53 Å². The number of hydrogen-bond donors (Lipinski definition) is 0. The molecule has 72 valence electrons. The first-order valence-electron chi connectivity index (χ1n) is 3.53. The molecule has 0 heterocycles. The topological polar surface area (TPSA) is 26.3 Å². The maximum Gasteiger partial charge on any atom is 0.323 e. The van der Waals surface area contributed by atoms with Gasteiger partial charge in [0.15, 0.2) is 0 Å². The number of rotatable bonds is 5. The highest BCUT2D eigenvalue weighted by Gasteiger charge is 2.19. The molecule has 0 saturated carbocycles. The van der Waals surface area contributed by atoms with Crippen molar-refractivity contribution in [2.45, 2.75) is 23.6 Å². The molecular weight excluding hydrogens is 222 g/mol. The Morgan fingerprint density at radius 3 is 2.50 bits per heavy atom. The third-order valence-electron chi connectivity index (χ3n) is 1.34. The largest absolute Gasteiger partial charge is 0.468 e. The molecule has 0 aromatic heterocycles. The molecule has 0 aliphatic rings. The number of carbonyl (C=O) groups excluding carboxylic acids is 1. The third kappa shape index (κ3) is 5.07. The average molecular weight is 234 g/mol. The smallest absolute Gasteiger partial charge is 0.323 e. The molecular formula is C7H11Cl3O2. The van der Waals surface area contributed by atoms with E-state index in [1.54, 1.807) is 0 Å². The zero-order valence-corrected chi connectivity index (χ0v) is 8.99. The molecule has 0 aliphatic heterocycles. The lowest BCUT2D eigenvalue weighted by atomic mass is 10.2. The van der Waals surface area contributed by atoms with E-state index >= 15 is 0 Å².